The summed E-state index contributed by atoms with van der Waals surface area (Å²) in [6, 6.07) is 13.0. The molecule has 5 rings (SSSR count). The molecule has 4 aromatic rings. The molecule has 33 heavy (non-hydrogen) atoms. The summed E-state index contributed by atoms with van der Waals surface area (Å²) >= 11 is 6.42. The van der Waals surface area contributed by atoms with Gasteiger partial charge < -0.3 is 24.3 Å². The number of imidazole rings is 1. The van der Waals surface area contributed by atoms with E-state index in [9.17, 15) is 4.39 Å². The fourth-order valence-corrected chi connectivity index (χ4v) is 3.99. The molecule has 10 heteroatoms. The highest BCUT2D eigenvalue weighted by Gasteiger charge is 2.24. The fourth-order valence-electron chi connectivity index (χ4n) is 3.69. The average Bonchev–Trinajstić information content (AvgIpc) is 3.19. The van der Waals surface area contributed by atoms with Gasteiger partial charge in [0.05, 0.1) is 17.7 Å². The van der Waals surface area contributed by atoms with E-state index in [1.807, 2.05) is 0 Å². The minimum absolute atomic E-state index is 0.00451. The summed E-state index contributed by atoms with van der Waals surface area (Å²) in [5.41, 5.74) is 1.28. The lowest BCUT2D eigenvalue weighted by atomic mass is 10.1. The van der Waals surface area contributed by atoms with Crippen molar-refractivity contribution in [2.24, 2.45) is 0 Å². The Hall–Kier alpha value is -3.72. The molecule has 0 unspecified atom stereocenters. The van der Waals surface area contributed by atoms with E-state index in [-0.39, 0.29) is 22.0 Å². The summed E-state index contributed by atoms with van der Waals surface area (Å²) in [6.45, 7) is -0.192. The van der Waals surface area contributed by atoms with Crippen LogP contribution in [0.1, 0.15) is 0 Å². The van der Waals surface area contributed by atoms with Gasteiger partial charge in [0.2, 0.25) is 12.7 Å². The minimum Gasteiger partial charge on any atom is -0.486 e. The summed E-state index contributed by atoms with van der Waals surface area (Å²) < 4.78 is 51.2. The Morgan fingerprint density at radius 1 is 1.12 bits per heavy atom. The Balaban J connectivity index is 1.71. The second-order valence-corrected chi connectivity index (χ2v) is 7.42. The zero-order valence-corrected chi connectivity index (χ0v) is 18.2. The zero-order valence-electron chi connectivity index (χ0n) is 17.4. The number of hydrogen-bond donors (Lipinski definition) is 1. The highest BCUT2D eigenvalue weighted by molar-refractivity contribution is 6.35. The Morgan fingerprint density at radius 3 is 2.73 bits per heavy atom. The normalized spacial score (nSPS) is 12.6. The predicted octanol–water partition coefficient (Wildman–Crippen LogP) is 5.62. The summed E-state index contributed by atoms with van der Waals surface area (Å²) in [4.78, 5) is 4.59. The molecule has 1 aliphatic rings. The van der Waals surface area contributed by atoms with Crippen molar-refractivity contribution in [3.8, 4) is 34.4 Å². The third-order valence-electron chi connectivity index (χ3n) is 5.12. The van der Waals surface area contributed by atoms with Crippen molar-refractivity contribution >= 4 is 28.8 Å². The molecular formula is C23H18ClF2N3O4. The lowest BCUT2D eigenvalue weighted by molar-refractivity contribution is 0.171. The van der Waals surface area contributed by atoms with Gasteiger partial charge in [-0.05, 0) is 36.4 Å². The minimum atomic E-state index is -1.11. The number of nitrogens with one attached hydrogen (secondary N) is 1. The Morgan fingerprint density at radius 2 is 1.94 bits per heavy atom. The van der Waals surface area contributed by atoms with E-state index in [0.717, 1.165) is 6.07 Å². The smallest absolute Gasteiger partial charge is 0.228 e. The van der Waals surface area contributed by atoms with Gasteiger partial charge in [-0.3, -0.25) is 0 Å². The Bertz CT molecular complexity index is 1350. The number of fused-ring (bicyclic) bond motifs is 2. The summed E-state index contributed by atoms with van der Waals surface area (Å²) in [7, 11) is 1.52. The van der Waals surface area contributed by atoms with Crippen molar-refractivity contribution in [2.45, 2.75) is 0 Å². The van der Waals surface area contributed by atoms with Crippen LogP contribution in [0.5, 0.6) is 23.1 Å². The zero-order chi connectivity index (χ0) is 22.9. The number of pyridine rings is 1. The van der Waals surface area contributed by atoms with Crippen LogP contribution in [0.3, 0.4) is 0 Å². The van der Waals surface area contributed by atoms with Crippen molar-refractivity contribution in [1.29, 1.82) is 0 Å². The monoisotopic (exact) mass is 472 g/mol. The van der Waals surface area contributed by atoms with Crippen molar-refractivity contribution in [2.75, 3.05) is 32.5 Å². The molecule has 0 aliphatic carbocycles. The van der Waals surface area contributed by atoms with Crippen molar-refractivity contribution in [1.82, 2.24) is 9.38 Å². The SMILES string of the molecule is COc1cccc2nc(-c3c(F)ccc(OC[18F])c3Cl)c(Nc3ccc4c(c3)OCCO4)n12. The number of rotatable bonds is 6. The van der Waals surface area contributed by atoms with Crippen molar-refractivity contribution in [3.63, 3.8) is 0 Å². The fraction of sp³-hybridized carbons (Fsp3) is 0.174. The number of benzene rings is 2. The van der Waals surface area contributed by atoms with Crippen LogP contribution in [0, 0.1) is 5.82 Å². The molecule has 0 radical (unpaired) electrons. The number of nitrogens with zero attached hydrogens (tertiary/aromatic N) is 2. The van der Waals surface area contributed by atoms with E-state index in [2.05, 4.69) is 10.3 Å². The molecule has 7 nitrogen and oxygen atoms in total. The van der Waals surface area contributed by atoms with Gasteiger partial charge in [0, 0.05) is 11.8 Å². The molecule has 3 heterocycles. The molecule has 0 fully saturated rings. The maximum Gasteiger partial charge on any atom is 0.228 e. The molecular weight excluding hydrogens is 455 g/mol. The highest BCUT2D eigenvalue weighted by Crippen LogP contribution is 2.43. The van der Waals surface area contributed by atoms with Gasteiger partial charge in [-0.15, -0.1) is 0 Å². The Labute approximate surface area is 192 Å². The van der Waals surface area contributed by atoms with Crippen LogP contribution >= 0.6 is 11.6 Å². The second-order valence-electron chi connectivity index (χ2n) is 7.04. The standard InChI is InChI=1S/C23H18ClF2N3O4/c1-30-19-4-2-3-18-28-22(20-14(26)6-8-16(21(20)24)33-12-25)23(29(18)19)27-13-5-7-15-17(11-13)32-10-9-31-15/h2-8,11,27H,9-10,12H2,1H3/i25-1. The quantitative estimate of drug-likeness (QED) is 0.393. The molecule has 0 saturated heterocycles. The average molecular weight is 473 g/mol. The highest BCUT2D eigenvalue weighted by atomic mass is 35.5. The van der Waals surface area contributed by atoms with Gasteiger partial charge in [0.15, 0.2) is 11.5 Å². The lowest BCUT2D eigenvalue weighted by Gasteiger charge is -2.19. The molecule has 1 N–H and O–H groups in total. The first kappa shape index (κ1) is 21.1. The van der Waals surface area contributed by atoms with Crippen LogP contribution in [-0.2, 0) is 0 Å². The summed E-state index contributed by atoms with van der Waals surface area (Å²) in [5.74, 6) is 1.42. The first-order valence-corrected chi connectivity index (χ1v) is 10.4. The van der Waals surface area contributed by atoms with E-state index in [1.165, 1.54) is 13.2 Å². The Kier molecular flexibility index (Phi) is 5.55. The van der Waals surface area contributed by atoms with Gasteiger partial charge in [0.25, 0.3) is 0 Å². The van der Waals surface area contributed by atoms with Gasteiger partial charge in [-0.1, -0.05) is 17.7 Å². The van der Waals surface area contributed by atoms with Crippen LogP contribution in [0.15, 0.2) is 48.5 Å². The molecule has 0 amide bonds. The number of halogens is 3. The molecule has 170 valence electrons. The van der Waals surface area contributed by atoms with E-state index in [4.69, 9.17) is 30.5 Å². The van der Waals surface area contributed by atoms with Crippen LogP contribution in [0.4, 0.5) is 20.3 Å². The lowest BCUT2D eigenvalue weighted by Crippen LogP contribution is -2.15. The van der Waals surface area contributed by atoms with E-state index >= 15 is 4.39 Å². The number of ether oxygens (including phenoxy) is 4. The van der Waals surface area contributed by atoms with Gasteiger partial charge >= 0.3 is 0 Å². The third-order valence-corrected chi connectivity index (χ3v) is 5.50. The van der Waals surface area contributed by atoms with E-state index in [1.54, 1.807) is 40.8 Å². The number of hydrogen-bond acceptors (Lipinski definition) is 6. The van der Waals surface area contributed by atoms with Gasteiger partial charge in [-0.25, -0.2) is 18.2 Å². The number of methoxy groups -OCH3 is 1. The van der Waals surface area contributed by atoms with Crippen molar-refractivity contribution in [3.05, 3.63) is 59.4 Å². The molecule has 2 aromatic carbocycles. The second kappa shape index (κ2) is 8.67. The molecule has 0 saturated carbocycles. The van der Waals surface area contributed by atoms with E-state index < -0.39 is 12.7 Å². The largest absolute Gasteiger partial charge is 0.486 e. The summed E-state index contributed by atoms with van der Waals surface area (Å²) in [6.07, 6.45) is 0. The van der Waals surface area contributed by atoms with Gasteiger partial charge in [0.1, 0.15) is 41.9 Å². The molecule has 0 spiro atoms. The molecule has 1 aliphatic heterocycles. The predicted molar refractivity (Wildman–Crippen MR) is 119 cm³/mol. The third kappa shape index (κ3) is 3.74. The van der Waals surface area contributed by atoms with Crippen molar-refractivity contribution < 1.29 is 27.7 Å². The summed E-state index contributed by atoms with van der Waals surface area (Å²) in [5, 5.41) is 3.17. The first-order chi connectivity index (χ1) is 16.1. The maximum absolute atomic E-state index is 15.0. The van der Waals surface area contributed by atoms with E-state index in [0.29, 0.717) is 47.7 Å². The first-order valence-electron chi connectivity index (χ1n) is 10.00. The van der Waals surface area contributed by atoms with Crippen LogP contribution < -0.4 is 24.3 Å². The van der Waals surface area contributed by atoms with Crippen LogP contribution in [-0.4, -0.2) is 36.6 Å². The molecule has 0 bridgehead atoms. The van der Waals surface area contributed by atoms with Gasteiger partial charge in [-0.2, -0.15) is 0 Å². The number of anilines is 2. The number of alkyl halides is 1. The maximum atomic E-state index is 15.0. The molecule has 0 atom stereocenters. The molecule has 2 aromatic heterocycles. The van der Waals surface area contributed by atoms with Crippen LogP contribution in [0.25, 0.3) is 16.9 Å². The number of aromatic nitrogens is 2. The van der Waals surface area contributed by atoms with Crippen LogP contribution in [0.2, 0.25) is 5.02 Å². The topological polar surface area (TPSA) is 66.2 Å².